The van der Waals surface area contributed by atoms with Gasteiger partial charge in [0.25, 0.3) is 15.9 Å². The molecule has 4 nitrogen and oxygen atoms in total. The van der Waals surface area contributed by atoms with E-state index in [0.717, 1.165) is 28.9 Å². The Labute approximate surface area is 173 Å². The van der Waals surface area contributed by atoms with Crippen molar-refractivity contribution < 1.29 is 13.2 Å². The van der Waals surface area contributed by atoms with Gasteiger partial charge in [-0.15, -0.1) is 23.1 Å². The fourth-order valence-electron chi connectivity index (χ4n) is 2.62. The van der Waals surface area contributed by atoms with E-state index in [1.54, 1.807) is 29.3 Å². The van der Waals surface area contributed by atoms with Gasteiger partial charge in [0.05, 0.1) is 0 Å². The molecule has 1 heterocycles. The Morgan fingerprint density at radius 3 is 2.50 bits per heavy atom. The number of amides is 1. The Bertz CT molecular complexity index is 1070. The molecule has 0 aliphatic rings. The van der Waals surface area contributed by atoms with Gasteiger partial charge in [0.1, 0.15) is 4.21 Å². The van der Waals surface area contributed by atoms with Gasteiger partial charge < -0.3 is 0 Å². The van der Waals surface area contributed by atoms with E-state index in [1.807, 2.05) is 30.5 Å². The van der Waals surface area contributed by atoms with Crippen LogP contribution in [0.3, 0.4) is 0 Å². The molecular formula is C21H19NO3S3. The number of carbonyl (C=O) groups excluding carboxylic acids is 1. The number of thioether (sulfide) groups is 1. The first-order valence-corrected chi connectivity index (χ1v) is 12.1. The van der Waals surface area contributed by atoms with Gasteiger partial charge in [-0.3, -0.25) is 4.79 Å². The first kappa shape index (κ1) is 20.4. The van der Waals surface area contributed by atoms with Gasteiger partial charge in [-0.2, -0.15) is 0 Å². The van der Waals surface area contributed by atoms with Crippen molar-refractivity contribution >= 4 is 45.1 Å². The summed E-state index contributed by atoms with van der Waals surface area (Å²) >= 11 is 2.76. The summed E-state index contributed by atoms with van der Waals surface area (Å²) < 4.78 is 26.4. The molecule has 7 heteroatoms. The zero-order chi connectivity index (χ0) is 20.0. The largest absolute Gasteiger partial charge is 0.273 e. The van der Waals surface area contributed by atoms with E-state index >= 15 is 0 Å². The number of benzene rings is 2. The van der Waals surface area contributed by atoms with E-state index in [-0.39, 0.29) is 4.21 Å². The van der Waals surface area contributed by atoms with Crippen LogP contribution in [0.5, 0.6) is 0 Å². The molecule has 3 aromatic rings. The molecule has 144 valence electrons. The van der Waals surface area contributed by atoms with Crippen LogP contribution >= 0.6 is 23.1 Å². The summed E-state index contributed by atoms with van der Waals surface area (Å²) in [5.41, 5.74) is 3.10. The van der Waals surface area contributed by atoms with Crippen LogP contribution < -0.4 is 4.72 Å². The average molecular weight is 430 g/mol. The van der Waals surface area contributed by atoms with Gasteiger partial charge in [-0.05, 0) is 59.0 Å². The Morgan fingerprint density at radius 2 is 1.82 bits per heavy atom. The molecule has 0 saturated carbocycles. The lowest BCUT2D eigenvalue weighted by Crippen LogP contribution is -2.28. The lowest BCUT2D eigenvalue weighted by atomic mass is 9.99. The van der Waals surface area contributed by atoms with Gasteiger partial charge in [-0.1, -0.05) is 42.5 Å². The van der Waals surface area contributed by atoms with Crippen LogP contribution in [0.2, 0.25) is 0 Å². The predicted molar refractivity (Wildman–Crippen MR) is 116 cm³/mol. The summed E-state index contributed by atoms with van der Waals surface area (Å²) in [4.78, 5) is 13.3. The van der Waals surface area contributed by atoms with E-state index in [4.69, 9.17) is 0 Å². The Balaban J connectivity index is 1.72. The van der Waals surface area contributed by atoms with Crippen LogP contribution in [0.4, 0.5) is 0 Å². The van der Waals surface area contributed by atoms with Crippen LogP contribution in [-0.4, -0.2) is 20.6 Å². The highest BCUT2D eigenvalue weighted by atomic mass is 32.2. The Morgan fingerprint density at radius 1 is 1.07 bits per heavy atom. The smallest absolute Gasteiger partial charge is 0.269 e. The highest BCUT2D eigenvalue weighted by Gasteiger charge is 2.16. The van der Waals surface area contributed by atoms with Crippen LogP contribution in [0.15, 0.2) is 81.2 Å². The minimum Gasteiger partial charge on any atom is -0.269 e. The first-order valence-electron chi connectivity index (χ1n) is 8.47. The number of hydrogen-bond acceptors (Lipinski definition) is 5. The third kappa shape index (κ3) is 5.34. The Hall–Kier alpha value is -2.35. The average Bonchev–Trinajstić information content (AvgIpc) is 3.23. The first-order chi connectivity index (χ1) is 13.5. The molecule has 0 atom stereocenters. The quantitative estimate of drug-likeness (QED) is 0.441. The zero-order valence-corrected chi connectivity index (χ0v) is 17.6. The number of thiophene rings is 1. The molecule has 0 bridgehead atoms. The second kappa shape index (κ2) is 9.23. The zero-order valence-electron chi connectivity index (χ0n) is 15.2. The maximum atomic E-state index is 12.1. The molecule has 0 spiro atoms. The summed E-state index contributed by atoms with van der Waals surface area (Å²) in [5.74, 6) is -0.674. The lowest BCUT2D eigenvalue weighted by Gasteiger charge is -2.07. The minimum atomic E-state index is -3.82. The molecule has 1 aromatic heterocycles. The van der Waals surface area contributed by atoms with E-state index in [2.05, 4.69) is 29.0 Å². The van der Waals surface area contributed by atoms with Crippen molar-refractivity contribution in [2.45, 2.75) is 15.5 Å². The molecule has 0 unspecified atom stereocenters. The number of rotatable bonds is 7. The molecule has 3 rings (SSSR count). The van der Waals surface area contributed by atoms with Crippen molar-refractivity contribution in [1.29, 1.82) is 0 Å². The normalized spacial score (nSPS) is 11.6. The van der Waals surface area contributed by atoms with E-state index in [0.29, 0.717) is 0 Å². The second-order valence-electron chi connectivity index (χ2n) is 5.96. The van der Waals surface area contributed by atoms with Gasteiger partial charge >= 0.3 is 0 Å². The molecule has 1 N–H and O–H groups in total. The van der Waals surface area contributed by atoms with Crippen LogP contribution in [-0.2, 0) is 21.2 Å². The third-order valence-corrected chi connectivity index (χ3v) is 7.51. The van der Waals surface area contributed by atoms with E-state index < -0.39 is 15.9 Å². The van der Waals surface area contributed by atoms with Crippen LogP contribution in [0.1, 0.15) is 16.7 Å². The summed E-state index contributed by atoms with van der Waals surface area (Å²) in [7, 11) is -3.82. The fraction of sp³-hybridized carbons (Fsp3) is 0.0952. The Kier molecular flexibility index (Phi) is 6.72. The van der Waals surface area contributed by atoms with Crippen molar-refractivity contribution in [3.63, 3.8) is 0 Å². The minimum absolute atomic E-state index is 0.114. The standard InChI is InChI=1S/C21H19NO3S3/c1-26-19-11-8-16(9-12-19)15-18-6-3-2-5-17(18)10-13-20(23)22-28(24,25)21-7-4-14-27-21/h2-14H,15H2,1H3,(H,22,23)/b13-10+. The SMILES string of the molecule is CSc1ccc(Cc2ccccc2/C=C/C(=O)NS(=O)(=O)c2cccs2)cc1. The van der Waals surface area contributed by atoms with Crippen LogP contribution in [0, 0.1) is 0 Å². The van der Waals surface area contributed by atoms with Gasteiger partial charge in [0.2, 0.25) is 0 Å². The lowest BCUT2D eigenvalue weighted by molar-refractivity contribution is -0.114. The number of sulfonamides is 1. The summed E-state index contributed by atoms with van der Waals surface area (Å²) in [6, 6.07) is 19.2. The molecule has 0 saturated heterocycles. The van der Waals surface area contributed by atoms with Crippen molar-refractivity contribution in [3.05, 3.63) is 88.8 Å². The molecule has 28 heavy (non-hydrogen) atoms. The second-order valence-corrected chi connectivity index (χ2v) is 9.70. The number of nitrogens with one attached hydrogen (secondary N) is 1. The molecular weight excluding hydrogens is 410 g/mol. The highest BCUT2D eigenvalue weighted by molar-refractivity contribution is 7.98. The molecule has 0 fully saturated rings. The van der Waals surface area contributed by atoms with Crippen molar-refractivity contribution in [2.24, 2.45) is 0 Å². The predicted octanol–water partition coefficient (Wildman–Crippen LogP) is 4.58. The fourth-order valence-corrected chi connectivity index (χ4v) is 4.97. The molecule has 0 radical (unpaired) electrons. The highest BCUT2D eigenvalue weighted by Crippen LogP contribution is 2.20. The van der Waals surface area contributed by atoms with E-state index in [9.17, 15) is 13.2 Å². The monoisotopic (exact) mass is 429 g/mol. The van der Waals surface area contributed by atoms with Gasteiger partial charge in [-0.25, -0.2) is 13.1 Å². The molecule has 2 aromatic carbocycles. The molecule has 1 amide bonds. The number of carbonyl (C=O) groups is 1. The van der Waals surface area contributed by atoms with Crippen molar-refractivity contribution in [1.82, 2.24) is 4.72 Å². The maximum Gasteiger partial charge on any atom is 0.273 e. The topological polar surface area (TPSA) is 63.2 Å². The van der Waals surface area contributed by atoms with Gasteiger partial charge in [0, 0.05) is 11.0 Å². The summed E-state index contributed by atoms with van der Waals surface area (Å²) in [6.07, 6.45) is 5.66. The summed E-state index contributed by atoms with van der Waals surface area (Å²) in [6.45, 7) is 0. The summed E-state index contributed by atoms with van der Waals surface area (Å²) in [5, 5.41) is 1.65. The molecule has 0 aliphatic carbocycles. The van der Waals surface area contributed by atoms with Crippen molar-refractivity contribution in [2.75, 3.05) is 6.26 Å². The van der Waals surface area contributed by atoms with E-state index in [1.165, 1.54) is 22.6 Å². The molecule has 0 aliphatic heterocycles. The van der Waals surface area contributed by atoms with Crippen molar-refractivity contribution in [3.8, 4) is 0 Å². The third-order valence-electron chi connectivity index (χ3n) is 4.02. The maximum absolute atomic E-state index is 12.1. The number of hydrogen-bond donors (Lipinski definition) is 1. The van der Waals surface area contributed by atoms with Crippen LogP contribution in [0.25, 0.3) is 6.08 Å². The van der Waals surface area contributed by atoms with Gasteiger partial charge in [0.15, 0.2) is 0 Å².